The minimum absolute atomic E-state index is 0.0533. The van der Waals surface area contributed by atoms with Gasteiger partial charge in [0, 0.05) is 5.02 Å². The third-order valence-electron chi connectivity index (χ3n) is 2.24. The average molecular weight is 253 g/mol. The molecule has 1 aromatic carbocycles. The smallest absolute Gasteiger partial charge is 0.393 e. The number of benzene rings is 1. The lowest BCUT2D eigenvalue weighted by molar-refractivity contribution is -0.138. The molecule has 0 radical (unpaired) electrons. The molecule has 0 bridgehead atoms. The highest BCUT2D eigenvalue weighted by atomic mass is 35.5. The summed E-state index contributed by atoms with van der Waals surface area (Å²) < 4.78 is 37.9. The Labute approximate surface area is 96.9 Å². The second-order valence-electron chi connectivity index (χ2n) is 3.65. The molecule has 1 N–H and O–H groups in total. The largest absolute Gasteiger partial charge is 0.416 e. The molecule has 5 heteroatoms. The highest BCUT2D eigenvalue weighted by molar-refractivity contribution is 6.31. The number of rotatable bonds is 3. The molecule has 0 heterocycles. The van der Waals surface area contributed by atoms with E-state index in [4.69, 9.17) is 16.7 Å². The summed E-state index contributed by atoms with van der Waals surface area (Å²) in [5.74, 6) is 0. The van der Waals surface area contributed by atoms with E-state index in [-0.39, 0.29) is 23.4 Å². The summed E-state index contributed by atoms with van der Waals surface area (Å²) in [5, 5.41) is 9.17. The van der Waals surface area contributed by atoms with Crippen molar-refractivity contribution >= 4 is 11.6 Å². The maximum absolute atomic E-state index is 12.6. The van der Waals surface area contributed by atoms with Crippen LogP contribution >= 0.6 is 11.6 Å². The van der Waals surface area contributed by atoms with E-state index < -0.39 is 17.8 Å². The topological polar surface area (TPSA) is 20.2 Å². The van der Waals surface area contributed by atoms with Crippen LogP contribution in [0.4, 0.5) is 13.2 Å². The second-order valence-corrected chi connectivity index (χ2v) is 4.06. The van der Waals surface area contributed by atoms with Crippen molar-refractivity contribution in [3.63, 3.8) is 0 Å². The van der Waals surface area contributed by atoms with E-state index in [1.54, 1.807) is 0 Å². The number of hydrogen-bond donors (Lipinski definition) is 1. The van der Waals surface area contributed by atoms with E-state index in [1.165, 1.54) is 19.1 Å². The average Bonchev–Trinajstić information content (AvgIpc) is 2.13. The molecule has 90 valence electrons. The zero-order chi connectivity index (χ0) is 12.3. The predicted molar refractivity (Wildman–Crippen MR) is 56.5 cm³/mol. The van der Waals surface area contributed by atoms with Crippen molar-refractivity contribution in [1.82, 2.24) is 0 Å². The Bertz CT molecular complexity index is 361. The van der Waals surface area contributed by atoms with Crippen LogP contribution in [0.15, 0.2) is 18.2 Å². The molecular formula is C11H12ClF3O. The summed E-state index contributed by atoms with van der Waals surface area (Å²) >= 11 is 5.74. The molecule has 1 atom stereocenters. The number of aliphatic hydroxyl groups excluding tert-OH is 1. The monoisotopic (exact) mass is 252 g/mol. The van der Waals surface area contributed by atoms with Gasteiger partial charge in [-0.2, -0.15) is 13.2 Å². The third-order valence-corrected chi connectivity index (χ3v) is 2.59. The number of aliphatic hydroxyl groups is 1. The number of halogens is 4. The molecular weight excluding hydrogens is 241 g/mol. The van der Waals surface area contributed by atoms with Crippen molar-refractivity contribution in [2.75, 3.05) is 0 Å². The van der Waals surface area contributed by atoms with Crippen LogP contribution in [0.2, 0.25) is 5.02 Å². The van der Waals surface area contributed by atoms with Crippen LogP contribution in [0.3, 0.4) is 0 Å². The molecule has 0 aliphatic carbocycles. The summed E-state index contributed by atoms with van der Waals surface area (Å²) in [5.41, 5.74) is -0.668. The van der Waals surface area contributed by atoms with Crippen molar-refractivity contribution in [2.45, 2.75) is 32.0 Å². The molecule has 0 saturated carbocycles. The van der Waals surface area contributed by atoms with Gasteiger partial charge in [-0.25, -0.2) is 0 Å². The Morgan fingerprint density at radius 3 is 2.50 bits per heavy atom. The Morgan fingerprint density at radius 1 is 1.38 bits per heavy atom. The SMILES string of the molecule is C[C@H](O)CCc1c(Cl)cccc1C(F)(F)F. The van der Waals surface area contributed by atoms with Crippen LogP contribution in [-0.2, 0) is 12.6 Å². The summed E-state index contributed by atoms with van der Waals surface area (Å²) in [6.07, 6.45) is -4.67. The fourth-order valence-corrected chi connectivity index (χ4v) is 1.70. The van der Waals surface area contributed by atoms with Crippen LogP contribution in [0.5, 0.6) is 0 Å². The van der Waals surface area contributed by atoms with E-state index in [2.05, 4.69) is 0 Å². The maximum atomic E-state index is 12.6. The Morgan fingerprint density at radius 2 is 2.00 bits per heavy atom. The van der Waals surface area contributed by atoms with Gasteiger partial charge in [0.25, 0.3) is 0 Å². The summed E-state index contributed by atoms with van der Waals surface area (Å²) in [6, 6.07) is 3.70. The maximum Gasteiger partial charge on any atom is 0.416 e. The van der Waals surface area contributed by atoms with Gasteiger partial charge in [-0.05, 0) is 37.5 Å². The minimum atomic E-state index is -4.40. The molecule has 1 rings (SSSR count). The highest BCUT2D eigenvalue weighted by Crippen LogP contribution is 2.35. The van der Waals surface area contributed by atoms with E-state index in [1.807, 2.05) is 0 Å². The zero-order valence-electron chi connectivity index (χ0n) is 8.68. The first-order valence-corrected chi connectivity index (χ1v) is 5.23. The first-order chi connectivity index (χ1) is 7.32. The number of hydrogen-bond acceptors (Lipinski definition) is 1. The highest BCUT2D eigenvalue weighted by Gasteiger charge is 2.33. The quantitative estimate of drug-likeness (QED) is 0.870. The van der Waals surface area contributed by atoms with Crippen molar-refractivity contribution in [3.05, 3.63) is 34.3 Å². The standard InChI is InChI=1S/C11H12ClF3O/c1-7(16)5-6-8-9(11(13,14)15)3-2-4-10(8)12/h2-4,7,16H,5-6H2,1H3/t7-/m0/s1. The number of alkyl halides is 3. The van der Waals surface area contributed by atoms with Crippen LogP contribution < -0.4 is 0 Å². The van der Waals surface area contributed by atoms with Gasteiger partial charge >= 0.3 is 6.18 Å². The molecule has 16 heavy (non-hydrogen) atoms. The van der Waals surface area contributed by atoms with Crippen molar-refractivity contribution in [3.8, 4) is 0 Å². The van der Waals surface area contributed by atoms with Crippen LogP contribution in [0.1, 0.15) is 24.5 Å². The van der Waals surface area contributed by atoms with Gasteiger partial charge in [0.1, 0.15) is 0 Å². The molecule has 0 saturated heterocycles. The Hall–Kier alpha value is -0.740. The molecule has 1 nitrogen and oxygen atoms in total. The van der Waals surface area contributed by atoms with E-state index in [0.717, 1.165) is 6.07 Å². The molecule has 0 fully saturated rings. The predicted octanol–water partition coefficient (Wildman–Crippen LogP) is 3.67. The van der Waals surface area contributed by atoms with E-state index in [9.17, 15) is 13.2 Å². The van der Waals surface area contributed by atoms with Gasteiger partial charge in [-0.1, -0.05) is 17.7 Å². The van der Waals surface area contributed by atoms with Gasteiger partial charge in [0.2, 0.25) is 0 Å². The van der Waals surface area contributed by atoms with Gasteiger partial charge in [0.15, 0.2) is 0 Å². The van der Waals surface area contributed by atoms with Gasteiger partial charge in [-0.15, -0.1) is 0 Å². The van der Waals surface area contributed by atoms with E-state index in [0.29, 0.717) is 0 Å². The lowest BCUT2D eigenvalue weighted by Crippen LogP contribution is -2.11. The summed E-state index contributed by atoms with van der Waals surface area (Å²) in [6.45, 7) is 1.53. The second kappa shape index (κ2) is 5.06. The molecule has 0 aliphatic heterocycles. The van der Waals surface area contributed by atoms with E-state index >= 15 is 0 Å². The third kappa shape index (κ3) is 3.39. The molecule has 0 aromatic heterocycles. The van der Waals surface area contributed by atoms with Crippen LogP contribution in [-0.4, -0.2) is 11.2 Å². The van der Waals surface area contributed by atoms with Gasteiger partial charge in [-0.3, -0.25) is 0 Å². The molecule has 0 amide bonds. The fraction of sp³-hybridized carbons (Fsp3) is 0.455. The Kier molecular flexibility index (Phi) is 4.21. The van der Waals surface area contributed by atoms with Crippen molar-refractivity contribution < 1.29 is 18.3 Å². The normalized spacial score (nSPS) is 13.9. The lowest BCUT2D eigenvalue weighted by Gasteiger charge is -2.14. The molecule has 0 unspecified atom stereocenters. The molecule has 0 aliphatic rings. The summed E-state index contributed by atoms with van der Waals surface area (Å²) in [7, 11) is 0. The van der Waals surface area contributed by atoms with Crippen LogP contribution in [0, 0.1) is 0 Å². The molecule has 1 aromatic rings. The first kappa shape index (κ1) is 13.3. The van der Waals surface area contributed by atoms with Gasteiger partial charge in [0.05, 0.1) is 11.7 Å². The minimum Gasteiger partial charge on any atom is -0.393 e. The fourth-order valence-electron chi connectivity index (χ4n) is 1.43. The van der Waals surface area contributed by atoms with Gasteiger partial charge < -0.3 is 5.11 Å². The zero-order valence-corrected chi connectivity index (χ0v) is 9.44. The van der Waals surface area contributed by atoms with Crippen molar-refractivity contribution in [1.29, 1.82) is 0 Å². The molecule has 0 spiro atoms. The Balaban J connectivity index is 3.04. The summed E-state index contributed by atoms with van der Waals surface area (Å²) in [4.78, 5) is 0. The van der Waals surface area contributed by atoms with Crippen LogP contribution in [0.25, 0.3) is 0 Å². The lowest BCUT2D eigenvalue weighted by atomic mass is 10.0. The van der Waals surface area contributed by atoms with Crippen molar-refractivity contribution in [2.24, 2.45) is 0 Å². The first-order valence-electron chi connectivity index (χ1n) is 4.85.